The summed E-state index contributed by atoms with van der Waals surface area (Å²) in [5.41, 5.74) is 0.914. The minimum atomic E-state index is -1.47. The Labute approximate surface area is 671 Å². The number of thiophene rings is 4. The maximum absolute atomic E-state index is 13.7. The van der Waals surface area contributed by atoms with E-state index in [1.165, 1.54) is 24.5 Å². The summed E-state index contributed by atoms with van der Waals surface area (Å²) < 4.78 is 257. The van der Waals surface area contributed by atoms with E-state index in [-0.39, 0.29) is 218 Å². The van der Waals surface area contributed by atoms with Gasteiger partial charge in [-0.3, -0.25) is 19.6 Å². The van der Waals surface area contributed by atoms with E-state index in [2.05, 4.69) is 39.9 Å². The summed E-state index contributed by atoms with van der Waals surface area (Å²) in [7, 11) is 0. The van der Waals surface area contributed by atoms with Crippen molar-refractivity contribution in [1.29, 1.82) is 0 Å². The molecule has 32 heteroatoms. The number of nitrogens with zero attached hydrogens (tertiary/aromatic N) is 12. The molecule has 0 spiro atoms. The van der Waals surface area contributed by atoms with Crippen LogP contribution in [0.25, 0.3) is 40.9 Å². The van der Waals surface area contributed by atoms with Gasteiger partial charge in [0.1, 0.15) is 107 Å². The summed E-state index contributed by atoms with van der Waals surface area (Å²) >= 11 is 40.0. The Morgan fingerprint density at radius 3 is 1.06 bits per heavy atom. The molecule has 16 rings (SSSR count). The number of aromatic nitrogens is 8. The maximum atomic E-state index is 13.7. The van der Waals surface area contributed by atoms with Crippen LogP contribution < -0.4 is 21.2 Å². The monoisotopic (exact) mass is 1630 g/mol. The predicted octanol–water partition coefficient (Wildman–Crippen LogP) is 19.8. The fourth-order valence-electron chi connectivity index (χ4n) is 11.1. The van der Waals surface area contributed by atoms with Gasteiger partial charge in [-0.1, -0.05) is 81.7 Å². The second-order valence-electron chi connectivity index (χ2n) is 23.3. The zero-order valence-electron chi connectivity index (χ0n) is 74.8. The third-order valence-corrected chi connectivity index (χ3v) is 21.0. The normalized spacial score (nSPS) is 21.6. The van der Waals surface area contributed by atoms with E-state index in [9.17, 15) is 26.3 Å². The van der Waals surface area contributed by atoms with Crippen molar-refractivity contribution >= 4 is 179 Å². The number of hydrogen-bond donors (Lipinski definition) is 4. The Morgan fingerprint density at radius 1 is 0.385 bits per heavy atom. The summed E-state index contributed by atoms with van der Waals surface area (Å²) in [5, 5.41) is 4.21. The molecule has 16 nitrogen and oxygen atoms in total. The second kappa shape index (κ2) is 35.4. The Hall–Kier alpha value is -6.60. The lowest BCUT2D eigenvalue weighted by Gasteiger charge is -2.32. The lowest BCUT2D eigenvalue weighted by atomic mass is 10.0. The average Bonchev–Trinajstić information content (AvgIpc) is 1.76. The molecule has 4 aromatic carbocycles. The largest absolute Gasteiger partial charge is 0.367 e. The van der Waals surface area contributed by atoms with Crippen molar-refractivity contribution in [2.24, 2.45) is 0 Å². The van der Waals surface area contributed by atoms with Gasteiger partial charge < -0.3 is 21.2 Å². The summed E-state index contributed by atoms with van der Waals surface area (Å²) in [5.74, 6) is -4.32. The highest BCUT2D eigenvalue weighted by molar-refractivity contribution is 7.23. The molecule has 0 amide bonds. The third-order valence-electron chi connectivity index (χ3n) is 16.1. The zero-order valence-corrected chi connectivity index (χ0v) is 61.6. The molecular weight excluding hydrogens is 1540 g/mol. The van der Waals surface area contributed by atoms with E-state index in [0.29, 0.717) is 43.4 Å². The van der Waals surface area contributed by atoms with Crippen molar-refractivity contribution < 1.29 is 55.3 Å². The number of fused-ring (bicyclic) bond motifs is 4. The molecule has 8 aromatic heterocycles. The number of likely N-dealkylation sites (tertiary alicyclic amines) is 4. The molecule has 0 aliphatic carbocycles. The Balaban J connectivity index is 0.000000143. The van der Waals surface area contributed by atoms with Crippen LogP contribution >= 0.6 is 115 Å². The standard InChI is InChI=1S/2C18H17Cl2FN4S.2C18H17ClF2N4S/c2*19-14-7-11(1-2-15(14)21)9-25-5-3-12(4-6-25)24-17-13-8-16(20)26-18(13)23-10-22-17;2*19-16-8-15-17(22-10-23-18(15)26-16)24-14-1-3-25(4-2-14)9-11-5-12(20)7-13(21)6-11/h2*1-2,7-8,10,12H,3-6,9H2,(H,22,23,24);2*5-8,10,14H,1-4,9H2,(H,22,23,24)/i1D,7D,8D,9D,10D,12D;8D,9D,10D,12D;8D,9D,10D,14D;8D,9D,14D/hD4. The van der Waals surface area contributed by atoms with Gasteiger partial charge in [0, 0.05) is 120 Å². The molecule has 12 heterocycles. The molecule has 4 atom stereocenters. The topological polar surface area (TPSA) is 164 Å². The van der Waals surface area contributed by atoms with Gasteiger partial charge in [-0.2, -0.15) is 0 Å². The van der Waals surface area contributed by atoms with Gasteiger partial charge in [0.2, 0.25) is 0 Å². The van der Waals surface area contributed by atoms with Crippen molar-refractivity contribution in [2.45, 2.75) is 102 Å². The van der Waals surface area contributed by atoms with Crippen molar-refractivity contribution in [2.75, 3.05) is 73.6 Å². The van der Waals surface area contributed by atoms with E-state index in [4.69, 9.17) is 98.6 Å². The van der Waals surface area contributed by atoms with Crippen molar-refractivity contribution in [3.05, 3.63) is 207 Å². The van der Waals surface area contributed by atoms with E-state index in [0.717, 1.165) is 109 Å². The van der Waals surface area contributed by atoms with Gasteiger partial charge in [-0.15, -0.1) is 45.3 Å². The quantitative estimate of drug-likeness (QED) is 0.0675. The molecule has 0 saturated carbocycles. The SMILES string of the molecule is [2H]c1c(Cl)sc2ncnc(N([2H])C3([2H])CCN(C([2H])c4cc(F)cc(F)c4)CC3)c12.[2H]c1nc(N([2H])C2([2H])CCN(C([2H])c3c([2H])cc(F)c(Cl)c3[2H])CC2)c2c([2H])c(Cl)sc2n1.[2H]c1nc(N([2H])C2([2H])CCN(C([2H])c3cc(F)cc(F)c3)CC2)c2c([2H])c(Cl)sc2n1.[2H]c1nc(N([2H])C2([2H])CCN(C([2H])c3ccc(F)c(Cl)c3)CC2)c2c([2H])c(Cl)sc2n1. The van der Waals surface area contributed by atoms with Crippen LogP contribution in [0.2, 0.25) is 33.0 Å². The smallest absolute Gasteiger partial charge is 0.162 e. The fourth-order valence-corrected chi connectivity index (χ4v) is 15.3. The van der Waals surface area contributed by atoms with Crippen molar-refractivity contribution in [3.8, 4) is 0 Å². The lowest BCUT2D eigenvalue weighted by Crippen LogP contribution is -2.38. The van der Waals surface area contributed by atoms with E-state index in [1.807, 2.05) is 4.90 Å². The van der Waals surface area contributed by atoms with Crippen LogP contribution in [0, 0.1) is 34.9 Å². The molecule has 4 unspecified atom stereocenters. The van der Waals surface area contributed by atoms with Crippen LogP contribution in [-0.2, 0) is 26.1 Å². The Kier molecular flexibility index (Phi) is 18.1. The predicted molar refractivity (Wildman–Crippen MR) is 413 cm³/mol. The molecule has 0 radical (unpaired) electrons. The number of piperidine rings is 4. The zero-order chi connectivity index (χ0) is 90.9. The molecule has 4 aliphatic heterocycles. The molecule has 104 heavy (non-hydrogen) atoms. The fraction of sp³-hybridized carbons (Fsp3) is 0.333. The first-order valence-corrected chi connectivity index (χ1v) is 37.2. The first-order chi connectivity index (χ1) is 58.8. The number of anilines is 4. The van der Waals surface area contributed by atoms with Crippen molar-refractivity contribution in [3.63, 3.8) is 0 Å². The van der Waals surface area contributed by atoms with Gasteiger partial charge in [-0.05, 0) is 146 Å². The van der Waals surface area contributed by atoms with Crippen LogP contribution in [0.1, 0.15) is 96.9 Å². The number of hydrogen-bond acceptors (Lipinski definition) is 20. The van der Waals surface area contributed by atoms with Gasteiger partial charge in [0.25, 0.3) is 0 Å². The summed E-state index contributed by atoms with van der Waals surface area (Å²) in [6.45, 7) is -1.79. The number of benzene rings is 4. The highest BCUT2D eigenvalue weighted by Gasteiger charge is 2.26. The van der Waals surface area contributed by atoms with Gasteiger partial charge in [0.15, 0.2) is 5.65 Å². The maximum Gasteiger partial charge on any atom is 0.162 e. The van der Waals surface area contributed by atoms with Crippen LogP contribution in [0.4, 0.5) is 49.6 Å². The first-order valence-electron chi connectivity index (χ1n) is 42.3. The van der Waals surface area contributed by atoms with Gasteiger partial charge in [-0.25, -0.2) is 66.2 Å². The van der Waals surface area contributed by atoms with E-state index < -0.39 is 96.1 Å². The lowest BCUT2D eigenvalue weighted by molar-refractivity contribution is 0.211. The van der Waals surface area contributed by atoms with Crippen LogP contribution in [0.5, 0.6) is 0 Å². The molecule has 4 fully saturated rings. The summed E-state index contributed by atoms with van der Waals surface area (Å²) in [6.07, 6.45) is 1.66. The Morgan fingerprint density at radius 2 is 0.702 bits per heavy atom. The van der Waals surface area contributed by atoms with Gasteiger partial charge >= 0.3 is 0 Å². The number of rotatable bonds is 16. The van der Waals surface area contributed by atoms with E-state index >= 15 is 0 Å². The number of halogens is 12. The highest BCUT2D eigenvalue weighted by Crippen LogP contribution is 2.37. The Bertz CT molecular complexity index is 6010. The first kappa shape index (κ1) is 53.2. The minimum Gasteiger partial charge on any atom is -0.367 e. The van der Waals surface area contributed by atoms with Gasteiger partial charge in [0.05, 0.1) is 62.6 Å². The van der Waals surface area contributed by atoms with E-state index in [1.54, 1.807) is 14.7 Å². The molecule has 4 N–H and O–H groups in total. The molecule has 4 aliphatic rings. The van der Waals surface area contributed by atoms with Crippen LogP contribution in [-0.4, -0.2) is 136 Å². The summed E-state index contributed by atoms with van der Waals surface area (Å²) in [6, 6.07) is 4.64. The molecule has 12 aromatic rings. The molecular formula is C72H68Cl6F6N16S4. The number of nitrogens with one attached hydrogen (secondary N) is 4. The second-order valence-corrected chi connectivity index (χ2v) is 30.5. The summed E-state index contributed by atoms with van der Waals surface area (Å²) in [4.78, 5) is 40.4. The molecule has 544 valence electrons. The van der Waals surface area contributed by atoms with Crippen LogP contribution in [0.3, 0.4) is 0 Å². The molecule has 0 bridgehead atoms. The third kappa shape index (κ3) is 20.5. The average molecular weight is 1630 g/mol. The van der Waals surface area contributed by atoms with Crippen molar-refractivity contribution in [1.82, 2.24) is 59.5 Å². The van der Waals surface area contributed by atoms with Crippen LogP contribution in [0.15, 0.2) is 122 Å². The highest BCUT2D eigenvalue weighted by atomic mass is 35.5. The molecule has 4 saturated heterocycles. The minimum absolute atomic E-state index is 0.0133.